The van der Waals surface area contributed by atoms with Crippen LogP contribution < -0.4 is 5.32 Å². The van der Waals surface area contributed by atoms with Crippen LogP contribution in [0, 0.1) is 12.3 Å². The van der Waals surface area contributed by atoms with Gasteiger partial charge in [-0.3, -0.25) is 0 Å². The molecular formula is C14H25N3. The zero-order valence-electron chi connectivity index (χ0n) is 11.7. The molecular weight excluding hydrogens is 210 g/mol. The maximum atomic E-state index is 4.48. The lowest BCUT2D eigenvalue weighted by molar-refractivity contribution is 0.263. The maximum absolute atomic E-state index is 4.48. The molecule has 0 saturated heterocycles. The van der Waals surface area contributed by atoms with E-state index in [1.165, 1.54) is 0 Å². The fraction of sp³-hybridized carbons (Fsp3) is 0.714. The summed E-state index contributed by atoms with van der Waals surface area (Å²) in [5.41, 5.74) is 1.26. The van der Waals surface area contributed by atoms with Crippen LogP contribution in [-0.4, -0.2) is 22.6 Å². The Labute approximate surface area is 105 Å². The van der Waals surface area contributed by atoms with E-state index in [1.54, 1.807) is 0 Å². The summed E-state index contributed by atoms with van der Waals surface area (Å²) in [5, 5.41) is 3.60. The van der Waals surface area contributed by atoms with Gasteiger partial charge in [-0.25, -0.2) is 9.97 Å². The number of rotatable bonds is 5. The smallest absolute Gasteiger partial charge is 0.130 e. The second-order valence-corrected chi connectivity index (χ2v) is 5.69. The molecule has 96 valence electrons. The van der Waals surface area contributed by atoms with E-state index in [0.717, 1.165) is 30.9 Å². The van der Waals surface area contributed by atoms with E-state index in [9.17, 15) is 0 Å². The summed E-state index contributed by atoms with van der Waals surface area (Å²) >= 11 is 0. The van der Waals surface area contributed by atoms with Gasteiger partial charge < -0.3 is 5.32 Å². The normalized spacial score (nSPS) is 13.7. The number of hydrogen-bond acceptors (Lipinski definition) is 3. The molecule has 1 atom stereocenters. The maximum Gasteiger partial charge on any atom is 0.130 e. The number of aryl methyl sites for hydroxylation is 1. The molecule has 1 heterocycles. The Morgan fingerprint density at radius 1 is 1.35 bits per heavy atom. The Hall–Kier alpha value is -0.960. The zero-order chi connectivity index (χ0) is 12.9. The van der Waals surface area contributed by atoms with E-state index in [0.29, 0.717) is 6.04 Å². The molecule has 1 rings (SSSR count). The van der Waals surface area contributed by atoms with Crippen LogP contribution in [0.15, 0.2) is 12.3 Å². The highest BCUT2D eigenvalue weighted by atomic mass is 14.9. The Kier molecular flexibility index (Phi) is 5.06. The minimum absolute atomic E-state index is 0.224. The van der Waals surface area contributed by atoms with Crippen LogP contribution in [0.5, 0.6) is 0 Å². The van der Waals surface area contributed by atoms with Crippen molar-refractivity contribution in [3.05, 3.63) is 23.8 Å². The van der Waals surface area contributed by atoms with Crippen LogP contribution in [0.2, 0.25) is 0 Å². The van der Waals surface area contributed by atoms with Crippen molar-refractivity contribution in [2.45, 2.75) is 53.5 Å². The highest BCUT2D eigenvalue weighted by Crippen LogP contribution is 2.21. The molecule has 3 heteroatoms. The third-order valence-corrected chi connectivity index (χ3v) is 2.92. The lowest BCUT2D eigenvalue weighted by Crippen LogP contribution is -2.42. The van der Waals surface area contributed by atoms with Crippen LogP contribution in [0.4, 0.5) is 0 Å². The minimum atomic E-state index is 0.224. The lowest BCUT2D eigenvalue weighted by atomic mass is 9.84. The molecule has 0 saturated carbocycles. The molecule has 0 aliphatic carbocycles. The molecule has 1 aromatic rings. The van der Waals surface area contributed by atoms with Crippen molar-refractivity contribution in [3.8, 4) is 0 Å². The van der Waals surface area contributed by atoms with E-state index in [4.69, 9.17) is 0 Å². The summed E-state index contributed by atoms with van der Waals surface area (Å²) in [5.74, 6) is 0.938. The first-order chi connectivity index (χ1) is 7.93. The van der Waals surface area contributed by atoms with Gasteiger partial charge in [0.15, 0.2) is 0 Å². The Morgan fingerprint density at radius 3 is 2.59 bits per heavy atom. The van der Waals surface area contributed by atoms with Crippen LogP contribution >= 0.6 is 0 Å². The van der Waals surface area contributed by atoms with Crippen molar-refractivity contribution in [2.24, 2.45) is 5.41 Å². The number of nitrogens with one attached hydrogen (secondary N) is 1. The van der Waals surface area contributed by atoms with Gasteiger partial charge in [-0.2, -0.15) is 0 Å². The van der Waals surface area contributed by atoms with E-state index in [1.807, 2.05) is 19.2 Å². The molecule has 0 aliphatic rings. The second kappa shape index (κ2) is 6.10. The fourth-order valence-corrected chi connectivity index (χ4v) is 1.78. The Morgan fingerprint density at radius 2 is 2.06 bits per heavy atom. The molecule has 3 nitrogen and oxygen atoms in total. The highest BCUT2D eigenvalue weighted by molar-refractivity contribution is 5.02. The molecule has 0 aromatic carbocycles. The summed E-state index contributed by atoms with van der Waals surface area (Å²) < 4.78 is 0. The Balaban J connectivity index is 2.72. The quantitative estimate of drug-likeness (QED) is 0.852. The van der Waals surface area contributed by atoms with Crippen LogP contribution in [-0.2, 0) is 6.42 Å². The standard InChI is InChI=1S/C14H25N3/c1-6-8-15-12(14(3,4)5)10-13-16-9-7-11(2)17-13/h7,9,12,15H,6,8,10H2,1-5H3. The molecule has 1 N–H and O–H groups in total. The number of aromatic nitrogens is 2. The number of nitrogens with zero attached hydrogens (tertiary/aromatic N) is 2. The van der Waals surface area contributed by atoms with Crippen molar-refractivity contribution in [1.82, 2.24) is 15.3 Å². The van der Waals surface area contributed by atoms with E-state index in [2.05, 4.69) is 43.0 Å². The first-order valence-corrected chi connectivity index (χ1v) is 6.45. The summed E-state index contributed by atoms with van der Waals surface area (Å²) in [4.78, 5) is 8.83. The lowest BCUT2D eigenvalue weighted by Gasteiger charge is -2.31. The van der Waals surface area contributed by atoms with Crippen molar-refractivity contribution in [1.29, 1.82) is 0 Å². The summed E-state index contributed by atoms with van der Waals surface area (Å²) in [6, 6.07) is 2.36. The molecule has 0 bridgehead atoms. The van der Waals surface area contributed by atoms with Gasteiger partial charge in [-0.1, -0.05) is 27.7 Å². The van der Waals surface area contributed by atoms with Gasteiger partial charge >= 0.3 is 0 Å². The van der Waals surface area contributed by atoms with E-state index < -0.39 is 0 Å². The predicted molar refractivity (Wildman–Crippen MR) is 72.0 cm³/mol. The predicted octanol–water partition coefficient (Wildman–Crippen LogP) is 2.74. The van der Waals surface area contributed by atoms with Crippen molar-refractivity contribution in [2.75, 3.05) is 6.54 Å². The van der Waals surface area contributed by atoms with Gasteiger partial charge in [-0.15, -0.1) is 0 Å². The van der Waals surface area contributed by atoms with Gasteiger partial charge in [0.05, 0.1) is 0 Å². The monoisotopic (exact) mass is 235 g/mol. The van der Waals surface area contributed by atoms with Crippen molar-refractivity contribution >= 4 is 0 Å². The molecule has 17 heavy (non-hydrogen) atoms. The molecule has 1 unspecified atom stereocenters. The molecule has 0 radical (unpaired) electrons. The first-order valence-electron chi connectivity index (χ1n) is 6.45. The summed E-state index contributed by atoms with van der Waals surface area (Å²) in [6.45, 7) is 12.0. The third kappa shape index (κ3) is 4.82. The van der Waals surface area contributed by atoms with Crippen molar-refractivity contribution < 1.29 is 0 Å². The highest BCUT2D eigenvalue weighted by Gasteiger charge is 2.24. The summed E-state index contributed by atoms with van der Waals surface area (Å²) in [6.07, 6.45) is 3.89. The molecule has 0 fully saturated rings. The van der Waals surface area contributed by atoms with Gasteiger partial charge in [0.1, 0.15) is 5.82 Å². The van der Waals surface area contributed by atoms with Crippen molar-refractivity contribution in [3.63, 3.8) is 0 Å². The van der Waals surface area contributed by atoms with E-state index in [-0.39, 0.29) is 5.41 Å². The minimum Gasteiger partial charge on any atom is -0.313 e. The molecule has 0 aliphatic heterocycles. The van der Waals surface area contributed by atoms with Gasteiger partial charge in [0.2, 0.25) is 0 Å². The molecule has 0 spiro atoms. The molecule has 1 aromatic heterocycles. The van der Waals surface area contributed by atoms with Gasteiger partial charge in [0, 0.05) is 24.4 Å². The fourth-order valence-electron chi connectivity index (χ4n) is 1.78. The first kappa shape index (κ1) is 14.1. The average molecular weight is 235 g/mol. The van der Waals surface area contributed by atoms with Gasteiger partial charge in [-0.05, 0) is 31.4 Å². The third-order valence-electron chi connectivity index (χ3n) is 2.92. The zero-order valence-corrected chi connectivity index (χ0v) is 11.7. The molecule has 0 amide bonds. The van der Waals surface area contributed by atoms with E-state index >= 15 is 0 Å². The topological polar surface area (TPSA) is 37.8 Å². The van der Waals surface area contributed by atoms with Crippen LogP contribution in [0.1, 0.15) is 45.6 Å². The SMILES string of the molecule is CCCNC(Cc1nccc(C)n1)C(C)(C)C. The van der Waals surface area contributed by atoms with Gasteiger partial charge in [0.25, 0.3) is 0 Å². The van der Waals surface area contributed by atoms with Crippen LogP contribution in [0.3, 0.4) is 0 Å². The second-order valence-electron chi connectivity index (χ2n) is 5.69. The average Bonchev–Trinajstić information content (AvgIpc) is 2.22. The Bertz CT molecular complexity index is 342. The number of hydrogen-bond donors (Lipinski definition) is 1. The summed E-state index contributed by atoms with van der Waals surface area (Å²) in [7, 11) is 0. The largest absolute Gasteiger partial charge is 0.313 e. The van der Waals surface area contributed by atoms with Crippen LogP contribution in [0.25, 0.3) is 0 Å².